The van der Waals surface area contributed by atoms with Gasteiger partial charge < -0.3 is 10.1 Å². The lowest BCUT2D eigenvalue weighted by Gasteiger charge is -2.33. The number of amides is 1. The first-order valence-electron chi connectivity index (χ1n) is 7.90. The molecule has 5 heteroatoms. The van der Waals surface area contributed by atoms with Gasteiger partial charge in [-0.15, -0.1) is 0 Å². The Balaban J connectivity index is 1.47. The van der Waals surface area contributed by atoms with Gasteiger partial charge in [-0.3, -0.25) is 14.7 Å². The molecule has 1 aromatic carbocycles. The van der Waals surface area contributed by atoms with Crippen LogP contribution in [0.1, 0.15) is 18.1 Å². The van der Waals surface area contributed by atoms with Crippen LogP contribution in [0, 0.1) is 0 Å². The predicted molar refractivity (Wildman–Crippen MR) is 89.1 cm³/mol. The van der Waals surface area contributed by atoms with E-state index in [4.69, 9.17) is 4.74 Å². The van der Waals surface area contributed by atoms with Crippen molar-refractivity contribution >= 4 is 11.6 Å². The number of anilines is 1. The maximum atomic E-state index is 12.0. The summed E-state index contributed by atoms with van der Waals surface area (Å²) in [5.74, 6) is 0.0146. The number of benzene rings is 1. The third-order valence-electron chi connectivity index (χ3n) is 3.92. The molecule has 2 heterocycles. The minimum Gasteiger partial charge on any atom is -0.371 e. The number of carbonyl (C=O) groups excluding carboxylic acids is 1. The van der Waals surface area contributed by atoms with Crippen molar-refractivity contribution in [2.75, 3.05) is 31.6 Å². The highest BCUT2D eigenvalue weighted by Crippen LogP contribution is 2.21. The van der Waals surface area contributed by atoms with Crippen LogP contribution >= 0.6 is 0 Å². The van der Waals surface area contributed by atoms with Gasteiger partial charge in [0.15, 0.2) is 0 Å². The smallest absolute Gasteiger partial charge is 0.225 e. The van der Waals surface area contributed by atoms with Crippen LogP contribution < -0.4 is 5.32 Å². The van der Waals surface area contributed by atoms with Gasteiger partial charge in [-0.25, -0.2) is 0 Å². The summed E-state index contributed by atoms with van der Waals surface area (Å²) in [6.07, 6.45) is 3.90. The molecule has 0 bridgehead atoms. The molecule has 0 radical (unpaired) electrons. The quantitative estimate of drug-likeness (QED) is 0.922. The third kappa shape index (κ3) is 4.61. The van der Waals surface area contributed by atoms with Gasteiger partial charge in [-0.05, 0) is 17.7 Å². The summed E-state index contributed by atoms with van der Waals surface area (Å²) in [6, 6.07) is 13.9. The van der Waals surface area contributed by atoms with Crippen LogP contribution in [0.15, 0.2) is 54.9 Å². The zero-order valence-corrected chi connectivity index (χ0v) is 13.0. The number of hydrogen-bond donors (Lipinski definition) is 1. The summed E-state index contributed by atoms with van der Waals surface area (Å²) in [5.41, 5.74) is 1.93. The number of nitrogens with zero attached hydrogens (tertiary/aromatic N) is 2. The minimum atomic E-state index is 0.0146. The van der Waals surface area contributed by atoms with Gasteiger partial charge in [-0.2, -0.15) is 0 Å². The lowest BCUT2D eigenvalue weighted by molar-refractivity contribution is -0.117. The first-order chi connectivity index (χ1) is 11.3. The van der Waals surface area contributed by atoms with Crippen LogP contribution in [0.5, 0.6) is 0 Å². The number of ether oxygens (including phenoxy) is 1. The molecule has 5 nitrogen and oxygen atoms in total. The Morgan fingerprint density at radius 2 is 2.13 bits per heavy atom. The summed E-state index contributed by atoms with van der Waals surface area (Å²) >= 11 is 0. The Hall–Kier alpha value is -2.24. The number of nitrogens with one attached hydrogen (secondary N) is 1. The summed E-state index contributed by atoms with van der Waals surface area (Å²) in [6.45, 7) is 3.12. The zero-order valence-electron chi connectivity index (χ0n) is 13.0. The van der Waals surface area contributed by atoms with E-state index in [9.17, 15) is 4.79 Å². The molecule has 2 aromatic rings. The summed E-state index contributed by atoms with van der Waals surface area (Å²) in [7, 11) is 0. The minimum absolute atomic E-state index is 0.0146. The van der Waals surface area contributed by atoms with E-state index < -0.39 is 0 Å². The summed E-state index contributed by atoms with van der Waals surface area (Å²) < 4.78 is 5.85. The van der Waals surface area contributed by atoms with E-state index >= 15 is 0 Å². The van der Waals surface area contributed by atoms with E-state index in [0.717, 1.165) is 25.3 Å². The van der Waals surface area contributed by atoms with Crippen LogP contribution in [0.2, 0.25) is 0 Å². The van der Waals surface area contributed by atoms with E-state index in [1.807, 2.05) is 30.3 Å². The fraction of sp³-hybridized carbons (Fsp3) is 0.333. The Kier molecular flexibility index (Phi) is 5.34. The maximum absolute atomic E-state index is 12.0. The van der Waals surface area contributed by atoms with Gasteiger partial charge in [0.25, 0.3) is 0 Å². The van der Waals surface area contributed by atoms with E-state index in [0.29, 0.717) is 13.0 Å². The van der Waals surface area contributed by atoms with E-state index in [2.05, 4.69) is 27.3 Å². The fourth-order valence-electron chi connectivity index (χ4n) is 2.69. The maximum Gasteiger partial charge on any atom is 0.225 e. The summed E-state index contributed by atoms with van der Waals surface area (Å²) in [4.78, 5) is 18.3. The Morgan fingerprint density at radius 3 is 2.91 bits per heavy atom. The molecule has 3 rings (SSSR count). The van der Waals surface area contributed by atoms with E-state index in [-0.39, 0.29) is 12.0 Å². The highest BCUT2D eigenvalue weighted by molar-refractivity contribution is 5.90. The molecule has 1 saturated heterocycles. The van der Waals surface area contributed by atoms with E-state index in [1.54, 1.807) is 12.4 Å². The average molecular weight is 311 g/mol. The normalized spacial score (nSPS) is 18.5. The van der Waals surface area contributed by atoms with Gasteiger partial charge in [0, 0.05) is 32.3 Å². The van der Waals surface area contributed by atoms with Gasteiger partial charge in [0.05, 0.1) is 24.6 Å². The van der Waals surface area contributed by atoms with Crippen molar-refractivity contribution < 1.29 is 9.53 Å². The highest BCUT2D eigenvalue weighted by atomic mass is 16.5. The molecule has 1 aromatic heterocycles. The fourth-order valence-corrected chi connectivity index (χ4v) is 2.69. The molecule has 1 N–H and O–H groups in total. The van der Waals surface area contributed by atoms with E-state index in [1.165, 1.54) is 5.56 Å². The number of hydrogen-bond acceptors (Lipinski definition) is 4. The number of morpholine rings is 1. The zero-order chi connectivity index (χ0) is 15.9. The average Bonchev–Trinajstić information content (AvgIpc) is 2.62. The molecule has 1 aliphatic heterocycles. The van der Waals surface area contributed by atoms with Crippen molar-refractivity contribution in [3.05, 3.63) is 60.4 Å². The van der Waals surface area contributed by atoms with Gasteiger partial charge in [-0.1, -0.05) is 30.3 Å². The second-order valence-electron chi connectivity index (χ2n) is 5.61. The van der Waals surface area contributed by atoms with Crippen LogP contribution in [0.25, 0.3) is 0 Å². The largest absolute Gasteiger partial charge is 0.371 e. The molecular weight excluding hydrogens is 290 g/mol. The molecule has 0 spiro atoms. The number of pyridine rings is 1. The summed E-state index contributed by atoms with van der Waals surface area (Å²) in [5, 5.41) is 2.87. The molecular formula is C18H21N3O2. The van der Waals surface area contributed by atoms with Gasteiger partial charge in [0.1, 0.15) is 0 Å². The van der Waals surface area contributed by atoms with Crippen LogP contribution in [0.4, 0.5) is 5.69 Å². The predicted octanol–water partition coefficient (Wildman–Crippen LogP) is 2.48. The highest BCUT2D eigenvalue weighted by Gasteiger charge is 2.22. The van der Waals surface area contributed by atoms with Crippen molar-refractivity contribution in [1.29, 1.82) is 0 Å². The van der Waals surface area contributed by atoms with Gasteiger partial charge >= 0.3 is 0 Å². The van der Waals surface area contributed by atoms with Crippen LogP contribution in [0.3, 0.4) is 0 Å². The Labute approximate surface area is 136 Å². The van der Waals surface area contributed by atoms with Gasteiger partial charge in [0.2, 0.25) is 5.91 Å². The number of carbonyl (C=O) groups is 1. The Bertz CT molecular complexity index is 619. The van der Waals surface area contributed by atoms with Crippen molar-refractivity contribution in [3.63, 3.8) is 0 Å². The third-order valence-corrected chi connectivity index (χ3v) is 3.92. The molecule has 0 unspecified atom stereocenters. The molecule has 23 heavy (non-hydrogen) atoms. The van der Waals surface area contributed by atoms with Crippen molar-refractivity contribution in [1.82, 2.24) is 9.88 Å². The second kappa shape index (κ2) is 7.85. The second-order valence-corrected chi connectivity index (χ2v) is 5.61. The number of rotatable bonds is 5. The Morgan fingerprint density at radius 1 is 1.26 bits per heavy atom. The van der Waals surface area contributed by atoms with Crippen LogP contribution in [-0.2, 0) is 9.53 Å². The number of aromatic nitrogens is 1. The molecule has 1 atom stereocenters. The van der Waals surface area contributed by atoms with Crippen molar-refractivity contribution in [2.24, 2.45) is 0 Å². The monoisotopic (exact) mass is 311 g/mol. The topological polar surface area (TPSA) is 54.5 Å². The van der Waals surface area contributed by atoms with Crippen LogP contribution in [-0.4, -0.2) is 42.0 Å². The van der Waals surface area contributed by atoms with Crippen molar-refractivity contribution in [2.45, 2.75) is 12.5 Å². The molecule has 1 amide bonds. The standard InChI is InChI=1S/C18H21N3O2/c22-18(20-16-7-4-9-19-13-16)8-10-21-11-12-23-17(14-21)15-5-2-1-3-6-15/h1-7,9,13,17H,8,10-12,14H2,(H,20,22)/t17-/m1/s1. The SMILES string of the molecule is O=C(CCN1CCO[C@@H](c2ccccc2)C1)Nc1cccnc1. The molecule has 1 aliphatic rings. The molecule has 0 aliphatic carbocycles. The van der Waals surface area contributed by atoms with Crippen molar-refractivity contribution in [3.8, 4) is 0 Å². The molecule has 120 valence electrons. The lowest BCUT2D eigenvalue weighted by atomic mass is 10.1. The molecule has 1 fully saturated rings. The first-order valence-corrected chi connectivity index (χ1v) is 7.90. The first kappa shape index (κ1) is 15.6. The molecule has 0 saturated carbocycles. The lowest BCUT2D eigenvalue weighted by Crippen LogP contribution is -2.39.